The van der Waals surface area contributed by atoms with Crippen LogP contribution in [0.3, 0.4) is 0 Å². The second-order valence-electron chi connectivity index (χ2n) is 9.72. The van der Waals surface area contributed by atoms with E-state index >= 15 is 0 Å². The number of ether oxygens (including phenoxy) is 1. The van der Waals surface area contributed by atoms with Gasteiger partial charge in [0, 0.05) is 13.2 Å². The van der Waals surface area contributed by atoms with E-state index < -0.39 is 14.3 Å². The normalized spacial score (nSPS) is 11.9. The molecular weight excluding hydrogens is 536 g/mol. The first-order valence-corrected chi connectivity index (χ1v) is 14.9. The number of carboxylic acids is 1. The maximum atomic E-state index is 10.5. The monoisotopic (exact) mass is 570 g/mol. The molecular formula is C28H35BrN2O4Si. The maximum Gasteiger partial charge on any atom is 0.329 e. The molecule has 3 rings (SSSR count). The van der Waals surface area contributed by atoms with E-state index in [0.29, 0.717) is 13.2 Å². The summed E-state index contributed by atoms with van der Waals surface area (Å²) in [4.78, 5) is 15.1. The Morgan fingerprint density at radius 2 is 1.61 bits per heavy atom. The largest absolute Gasteiger partial charge is 0.480 e. The maximum absolute atomic E-state index is 10.5. The zero-order valence-electron chi connectivity index (χ0n) is 21.2. The van der Waals surface area contributed by atoms with E-state index in [2.05, 4.69) is 95.5 Å². The van der Waals surface area contributed by atoms with Crippen molar-refractivity contribution in [3.63, 3.8) is 0 Å². The van der Waals surface area contributed by atoms with Crippen molar-refractivity contribution in [2.75, 3.05) is 25.1 Å². The summed E-state index contributed by atoms with van der Waals surface area (Å²) >= 11 is 3.55. The van der Waals surface area contributed by atoms with Crippen LogP contribution in [-0.2, 0) is 20.6 Å². The minimum absolute atomic E-state index is 0.0935. The summed E-state index contributed by atoms with van der Waals surface area (Å²) < 4.78 is 12.9. The first-order valence-electron chi connectivity index (χ1n) is 12.2. The highest BCUT2D eigenvalue weighted by molar-refractivity contribution is 9.10. The van der Waals surface area contributed by atoms with Gasteiger partial charge in [0.25, 0.3) is 8.32 Å². The SMILES string of the molecule is CC(C)(C)[Si](OCc1cc(Br)nc(NCCCCOCC(=O)O)c1)(c1ccccc1)c1ccccc1. The number of hydrogen-bond donors (Lipinski definition) is 2. The first-order chi connectivity index (χ1) is 17.2. The highest BCUT2D eigenvalue weighted by atomic mass is 79.9. The van der Waals surface area contributed by atoms with Crippen LogP contribution in [0.1, 0.15) is 39.2 Å². The Bertz CT molecular complexity index is 1070. The van der Waals surface area contributed by atoms with Crippen LogP contribution in [0.5, 0.6) is 0 Å². The number of benzene rings is 2. The molecule has 192 valence electrons. The van der Waals surface area contributed by atoms with Crippen molar-refractivity contribution >= 4 is 46.4 Å². The second kappa shape index (κ2) is 13.1. The van der Waals surface area contributed by atoms with Crippen molar-refractivity contribution in [3.05, 3.63) is 83.0 Å². The van der Waals surface area contributed by atoms with Gasteiger partial charge in [-0.1, -0.05) is 81.4 Å². The number of pyridine rings is 1. The molecule has 0 aliphatic carbocycles. The van der Waals surface area contributed by atoms with Gasteiger partial charge in [-0.05, 0) is 61.9 Å². The Labute approximate surface area is 223 Å². The lowest BCUT2D eigenvalue weighted by Crippen LogP contribution is -2.66. The van der Waals surface area contributed by atoms with Crippen LogP contribution in [0.2, 0.25) is 5.04 Å². The molecule has 36 heavy (non-hydrogen) atoms. The van der Waals surface area contributed by atoms with E-state index in [1.807, 2.05) is 24.3 Å². The van der Waals surface area contributed by atoms with Crippen LogP contribution < -0.4 is 15.7 Å². The Morgan fingerprint density at radius 3 is 2.17 bits per heavy atom. The van der Waals surface area contributed by atoms with Gasteiger partial charge >= 0.3 is 5.97 Å². The minimum Gasteiger partial charge on any atom is -0.480 e. The van der Waals surface area contributed by atoms with Gasteiger partial charge in [0.1, 0.15) is 17.0 Å². The van der Waals surface area contributed by atoms with Gasteiger partial charge in [0.2, 0.25) is 0 Å². The molecule has 2 N–H and O–H groups in total. The average Bonchev–Trinajstić information content (AvgIpc) is 2.84. The van der Waals surface area contributed by atoms with Crippen molar-refractivity contribution in [3.8, 4) is 0 Å². The molecule has 0 radical (unpaired) electrons. The Morgan fingerprint density at radius 1 is 1.00 bits per heavy atom. The zero-order valence-corrected chi connectivity index (χ0v) is 23.8. The number of hydrogen-bond acceptors (Lipinski definition) is 5. The summed E-state index contributed by atoms with van der Waals surface area (Å²) in [5, 5.41) is 14.4. The number of anilines is 1. The quantitative estimate of drug-likeness (QED) is 0.167. The average molecular weight is 572 g/mol. The molecule has 2 aromatic carbocycles. The highest BCUT2D eigenvalue weighted by Crippen LogP contribution is 2.37. The number of aliphatic carboxylic acids is 1. The Hall–Kier alpha value is -2.52. The molecule has 0 unspecified atom stereocenters. The van der Waals surface area contributed by atoms with Crippen LogP contribution >= 0.6 is 15.9 Å². The van der Waals surface area contributed by atoms with Gasteiger partial charge < -0.3 is 19.6 Å². The molecule has 0 bridgehead atoms. The number of halogens is 1. The van der Waals surface area contributed by atoms with Gasteiger partial charge in [-0.25, -0.2) is 9.78 Å². The third-order valence-electron chi connectivity index (χ3n) is 5.97. The topological polar surface area (TPSA) is 80.7 Å². The van der Waals surface area contributed by atoms with Gasteiger partial charge in [-0.2, -0.15) is 0 Å². The predicted octanol–water partition coefficient (Wildman–Crippen LogP) is 5.21. The number of nitrogens with zero attached hydrogens (tertiary/aromatic N) is 1. The van der Waals surface area contributed by atoms with E-state index in [1.165, 1.54) is 10.4 Å². The van der Waals surface area contributed by atoms with Gasteiger partial charge in [0.05, 0.1) is 6.61 Å². The number of nitrogens with one attached hydrogen (secondary N) is 1. The fourth-order valence-corrected chi connectivity index (χ4v) is 9.41. The summed E-state index contributed by atoms with van der Waals surface area (Å²) in [6, 6.07) is 25.3. The van der Waals surface area contributed by atoms with Crippen molar-refractivity contribution in [1.82, 2.24) is 4.98 Å². The van der Waals surface area contributed by atoms with Crippen LogP contribution in [0.4, 0.5) is 5.82 Å². The smallest absolute Gasteiger partial charge is 0.329 e. The number of aromatic nitrogens is 1. The molecule has 8 heteroatoms. The zero-order chi connectivity index (χ0) is 26.0. The van der Waals surface area contributed by atoms with E-state index in [0.717, 1.165) is 35.4 Å². The standard InChI is InChI=1S/C28H35BrN2O4Si/c1-28(2,3)36(23-12-6-4-7-13-23,24-14-8-5-9-15-24)35-20-22-18-25(29)31-26(19-22)30-16-10-11-17-34-21-27(32)33/h4-9,12-15,18-19H,10-11,16-17,20-21H2,1-3H3,(H,30,31)(H,32,33). The molecule has 0 aliphatic heterocycles. The third kappa shape index (κ3) is 7.49. The van der Waals surface area contributed by atoms with E-state index in [1.54, 1.807) is 0 Å². The summed E-state index contributed by atoms with van der Waals surface area (Å²) in [6.45, 7) is 8.17. The molecule has 1 heterocycles. The van der Waals surface area contributed by atoms with Crippen LogP contribution in [-0.4, -0.2) is 44.1 Å². The van der Waals surface area contributed by atoms with Crippen LogP contribution in [0.25, 0.3) is 0 Å². The molecule has 0 amide bonds. The van der Waals surface area contributed by atoms with Crippen LogP contribution in [0.15, 0.2) is 77.4 Å². The van der Waals surface area contributed by atoms with E-state index in [9.17, 15) is 4.79 Å². The molecule has 0 saturated carbocycles. The second-order valence-corrected chi connectivity index (χ2v) is 14.8. The predicted molar refractivity (Wildman–Crippen MR) is 151 cm³/mol. The molecule has 3 aromatic rings. The fourth-order valence-electron chi connectivity index (χ4n) is 4.38. The lowest BCUT2D eigenvalue weighted by molar-refractivity contribution is -0.142. The van der Waals surface area contributed by atoms with Crippen molar-refractivity contribution in [2.24, 2.45) is 0 Å². The molecule has 0 fully saturated rings. The molecule has 0 atom stereocenters. The lowest BCUT2D eigenvalue weighted by Gasteiger charge is -2.43. The summed E-state index contributed by atoms with van der Waals surface area (Å²) in [5.74, 6) is -0.170. The fraction of sp³-hybridized carbons (Fsp3) is 0.357. The molecule has 0 saturated heterocycles. The summed E-state index contributed by atoms with van der Waals surface area (Å²) in [5.41, 5.74) is 1.04. The summed E-state index contributed by atoms with van der Waals surface area (Å²) in [6.07, 6.45) is 1.62. The number of unbranched alkanes of at least 4 members (excludes halogenated alkanes) is 1. The molecule has 6 nitrogen and oxygen atoms in total. The lowest BCUT2D eigenvalue weighted by atomic mass is 10.2. The number of rotatable bonds is 13. The molecule has 1 aromatic heterocycles. The van der Waals surface area contributed by atoms with Crippen LogP contribution in [0, 0.1) is 0 Å². The number of carboxylic acid groups (broad SMARTS) is 1. The van der Waals surface area contributed by atoms with Gasteiger partial charge in [-0.3, -0.25) is 0 Å². The Kier molecular flexibility index (Phi) is 10.2. The van der Waals surface area contributed by atoms with Gasteiger partial charge in [0.15, 0.2) is 0 Å². The van der Waals surface area contributed by atoms with Crippen molar-refractivity contribution < 1.29 is 19.1 Å². The van der Waals surface area contributed by atoms with E-state index in [4.69, 9.17) is 14.3 Å². The Balaban J connectivity index is 1.76. The first kappa shape index (κ1) is 28.1. The molecule has 0 spiro atoms. The third-order valence-corrected chi connectivity index (χ3v) is 11.4. The minimum atomic E-state index is -2.63. The highest BCUT2D eigenvalue weighted by Gasteiger charge is 2.50. The van der Waals surface area contributed by atoms with Crippen molar-refractivity contribution in [1.29, 1.82) is 0 Å². The number of carbonyl (C=O) groups is 1. The van der Waals surface area contributed by atoms with E-state index in [-0.39, 0.29) is 11.6 Å². The van der Waals surface area contributed by atoms with Gasteiger partial charge in [-0.15, -0.1) is 0 Å². The summed E-state index contributed by atoms with van der Waals surface area (Å²) in [7, 11) is -2.63. The van der Waals surface area contributed by atoms with Crippen molar-refractivity contribution in [2.45, 2.75) is 45.3 Å². The molecule has 0 aliphatic rings.